The lowest BCUT2D eigenvalue weighted by Gasteiger charge is -2.46. The van der Waals surface area contributed by atoms with Crippen LogP contribution in [0.3, 0.4) is 0 Å². The fourth-order valence-electron chi connectivity index (χ4n) is 4.31. The van der Waals surface area contributed by atoms with Gasteiger partial charge in [-0.15, -0.1) is 12.4 Å². The van der Waals surface area contributed by atoms with Crippen LogP contribution < -0.4 is 9.47 Å². The van der Waals surface area contributed by atoms with Gasteiger partial charge in [0.2, 0.25) is 0 Å². The average Bonchev–Trinajstić information content (AvgIpc) is 2.66. The molecule has 2 aliphatic heterocycles. The third-order valence-electron chi connectivity index (χ3n) is 5.36. The Morgan fingerprint density at radius 3 is 2.30 bits per heavy atom. The first-order valence-corrected chi connectivity index (χ1v) is 11.1. The zero-order valence-corrected chi connectivity index (χ0v) is 18.3. The summed E-state index contributed by atoms with van der Waals surface area (Å²) in [5.41, 5.74) is 2.24. The largest absolute Gasteiger partial charge is 0.493 e. The molecule has 0 bridgehead atoms. The van der Waals surface area contributed by atoms with Crippen molar-refractivity contribution in [2.24, 2.45) is 0 Å². The van der Waals surface area contributed by atoms with E-state index in [2.05, 4.69) is 11.0 Å². The number of hydrogen-bond donors (Lipinski definition) is 0. The quantitative estimate of drug-likeness (QED) is 0.608. The number of benzene rings is 1. The van der Waals surface area contributed by atoms with Crippen molar-refractivity contribution in [3.8, 4) is 11.5 Å². The van der Waals surface area contributed by atoms with Gasteiger partial charge in [-0.05, 0) is 62.9 Å². The normalized spacial score (nSPS) is 22.4. The molecule has 1 aromatic rings. The zero-order chi connectivity index (χ0) is 18.7. The topological polar surface area (TPSA) is 57.2 Å². The van der Waals surface area contributed by atoms with Gasteiger partial charge in [0.1, 0.15) is 0 Å². The second kappa shape index (κ2) is 9.62. The van der Waals surface area contributed by atoms with Crippen LogP contribution in [0.2, 0.25) is 0 Å². The van der Waals surface area contributed by atoms with Crippen LogP contribution in [0.25, 0.3) is 0 Å². The van der Waals surface area contributed by atoms with Crippen molar-refractivity contribution in [3.63, 3.8) is 0 Å². The van der Waals surface area contributed by atoms with Gasteiger partial charge >= 0.3 is 7.60 Å². The van der Waals surface area contributed by atoms with Crippen LogP contribution in [0.4, 0.5) is 0 Å². The van der Waals surface area contributed by atoms with Crippen molar-refractivity contribution in [1.29, 1.82) is 0 Å². The van der Waals surface area contributed by atoms with Gasteiger partial charge in [0.25, 0.3) is 0 Å². The molecule has 2 unspecified atom stereocenters. The maximum Gasteiger partial charge on any atom is 0.335 e. The van der Waals surface area contributed by atoms with E-state index in [0.29, 0.717) is 19.0 Å². The van der Waals surface area contributed by atoms with Crippen molar-refractivity contribution >= 4 is 20.0 Å². The first-order valence-electron chi connectivity index (χ1n) is 9.45. The van der Waals surface area contributed by atoms with E-state index in [1.165, 1.54) is 11.1 Å². The molecule has 154 valence electrons. The Hall–Kier alpha value is -0.780. The van der Waals surface area contributed by atoms with Crippen molar-refractivity contribution in [2.75, 3.05) is 40.5 Å². The maximum atomic E-state index is 13.6. The average molecular weight is 420 g/mol. The van der Waals surface area contributed by atoms with E-state index in [1.54, 1.807) is 14.2 Å². The van der Waals surface area contributed by atoms with Gasteiger partial charge in [-0.3, -0.25) is 9.46 Å². The predicted molar refractivity (Wildman–Crippen MR) is 109 cm³/mol. The molecular formula is C19H31ClNO5P. The first-order chi connectivity index (χ1) is 12.6. The van der Waals surface area contributed by atoms with E-state index in [4.69, 9.17) is 18.5 Å². The number of rotatable bonds is 7. The molecule has 3 rings (SSSR count). The van der Waals surface area contributed by atoms with Crippen LogP contribution in [-0.4, -0.2) is 51.1 Å². The summed E-state index contributed by atoms with van der Waals surface area (Å²) < 4.78 is 36.0. The van der Waals surface area contributed by atoms with Crippen molar-refractivity contribution in [2.45, 2.75) is 44.8 Å². The Kier molecular flexibility index (Phi) is 8.02. The number of fused-ring (bicyclic) bond motifs is 3. The minimum Gasteiger partial charge on any atom is -0.493 e. The molecule has 2 heterocycles. The van der Waals surface area contributed by atoms with Crippen LogP contribution in [0.5, 0.6) is 11.5 Å². The molecule has 1 fully saturated rings. The number of piperidine rings is 1. The number of halogens is 1. The Morgan fingerprint density at radius 1 is 1.07 bits per heavy atom. The van der Waals surface area contributed by atoms with Crippen molar-refractivity contribution < 1.29 is 23.1 Å². The molecular weight excluding hydrogens is 389 g/mol. The van der Waals surface area contributed by atoms with Crippen LogP contribution in [0.15, 0.2) is 12.1 Å². The predicted octanol–water partition coefficient (Wildman–Crippen LogP) is 4.45. The SMILES string of the molecule is CCOP(=O)(OCC)C1CCCN2CCc3cc(OC)c(OC)cc3C12.Cl. The van der Waals surface area contributed by atoms with E-state index >= 15 is 0 Å². The lowest BCUT2D eigenvalue weighted by Crippen LogP contribution is -2.46. The Bertz CT molecular complexity index is 676. The minimum absolute atomic E-state index is 0. The van der Waals surface area contributed by atoms with E-state index in [1.807, 2.05) is 19.9 Å². The van der Waals surface area contributed by atoms with Crippen LogP contribution >= 0.6 is 20.0 Å². The molecule has 0 spiro atoms. The van der Waals surface area contributed by atoms with Gasteiger partial charge in [0.15, 0.2) is 11.5 Å². The lowest BCUT2D eigenvalue weighted by atomic mass is 9.86. The zero-order valence-electron chi connectivity index (χ0n) is 16.6. The van der Waals surface area contributed by atoms with Gasteiger partial charge in [-0.2, -0.15) is 0 Å². The van der Waals surface area contributed by atoms with E-state index in [-0.39, 0.29) is 24.1 Å². The monoisotopic (exact) mass is 419 g/mol. The number of ether oxygens (including phenoxy) is 2. The molecule has 0 radical (unpaired) electrons. The number of nitrogens with zero attached hydrogens (tertiary/aromatic N) is 1. The minimum atomic E-state index is -3.20. The second-order valence-corrected chi connectivity index (χ2v) is 8.98. The molecule has 6 nitrogen and oxygen atoms in total. The highest BCUT2D eigenvalue weighted by molar-refractivity contribution is 7.54. The van der Waals surface area contributed by atoms with Gasteiger partial charge in [-0.1, -0.05) is 0 Å². The molecule has 0 aromatic heterocycles. The Morgan fingerprint density at radius 2 is 1.70 bits per heavy atom. The molecule has 0 N–H and O–H groups in total. The maximum absolute atomic E-state index is 13.6. The lowest BCUT2D eigenvalue weighted by molar-refractivity contribution is 0.117. The summed E-state index contributed by atoms with van der Waals surface area (Å²) in [4.78, 5) is 2.42. The van der Waals surface area contributed by atoms with E-state index in [9.17, 15) is 4.57 Å². The molecule has 2 aliphatic rings. The van der Waals surface area contributed by atoms with Crippen LogP contribution in [0, 0.1) is 0 Å². The van der Waals surface area contributed by atoms with Gasteiger partial charge in [0.05, 0.1) is 33.1 Å². The second-order valence-electron chi connectivity index (χ2n) is 6.72. The molecule has 8 heteroatoms. The summed E-state index contributed by atoms with van der Waals surface area (Å²) in [5.74, 6) is 1.45. The molecule has 1 aromatic carbocycles. The van der Waals surface area contributed by atoms with Crippen molar-refractivity contribution in [1.82, 2.24) is 4.90 Å². The number of hydrogen-bond acceptors (Lipinski definition) is 6. The highest BCUT2D eigenvalue weighted by Gasteiger charge is 2.47. The molecule has 2 atom stereocenters. The van der Waals surface area contributed by atoms with Crippen LogP contribution in [-0.2, 0) is 20.0 Å². The summed E-state index contributed by atoms with van der Waals surface area (Å²) in [6, 6.07) is 4.13. The summed E-state index contributed by atoms with van der Waals surface area (Å²) >= 11 is 0. The van der Waals surface area contributed by atoms with Gasteiger partial charge < -0.3 is 18.5 Å². The number of methoxy groups -OCH3 is 2. The molecule has 1 saturated heterocycles. The molecule has 0 saturated carbocycles. The standard InChI is InChI=1S/C19H30NO5P.ClH/c1-5-24-26(21,25-6-2)18-8-7-10-20-11-9-14-12-16(22-3)17(23-4)13-15(14)19(18)20;/h12-13,18-19H,5-11H2,1-4H3;1H. The Balaban J connectivity index is 0.00000261. The molecule has 0 amide bonds. The smallest absolute Gasteiger partial charge is 0.335 e. The van der Waals surface area contributed by atoms with E-state index in [0.717, 1.165) is 38.1 Å². The van der Waals surface area contributed by atoms with Gasteiger partial charge in [-0.25, -0.2) is 0 Å². The fourth-order valence-corrected chi connectivity index (χ4v) is 6.68. The summed E-state index contributed by atoms with van der Waals surface area (Å²) in [6.45, 7) is 6.47. The summed E-state index contributed by atoms with van der Waals surface area (Å²) in [7, 11) is 0.105. The molecule has 0 aliphatic carbocycles. The molecule has 27 heavy (non-hydrogen) atoms. The highest BCUT2D eigenvalue weighted by atomic mass is 35.5. The Labute approximate surface area is 168 Å². The van der Waals surface area contributed by atoms with E-state index < -0.39 is 7.60 Å². The van der Waals surface area contributed by atoms with Gasteiger partial charge in [0, 0.05) is 12.6 Å². The third-order valence-corrected chi connectivity index (χ3v) is 7.95. The first kappa shape index (κ1) is 22.5. The van der Waals surface area contributed by atoms with Crippen LogP contribution in [0.1, 0.15) is 43.9 Å². The third kappa shape index (κ3) is 4.30. The highest BCUT2D eigenvalue weighted by Crippen LogP contribution is 2.61. The fraction of sp³-hybridized carbons (Fsp3) is 0.684. The van der Waals surface area contributed by atoms with Crippen molar-refractivity contribution in [3.05, 3.63) is 23.3 Å². The summed E-state index contributed by atoms with van der Waals surface area (Å²) in [5, 5.41) is 0. The summed E-state index contributed by atoms with van der Waals surface area (Å²) in [6.07, 6.45) is 2.80.